The van der Waals surface area contributed by atoms with Crippen molar-refractivity contribution in [2.75, 3.05) is 7.11 Å². The van der Waals surface area contributed by atoms with Gasteiger partial charge in [0.15, 0.2) is 0 Å². The van der Waals surface area contributed by atoms with Crippen molar-refractivity contribution in [3.05, 3.63) is 40.4 Å². The Morgan fingerprint density at radius 3 is 2.38 bits per heavy atom. The second-order valence-corrected chi connectivity index (χ2v) is 6.86. The molecule has 2 rings (SSSR count). The molecule has 5 heteroatoms. The van der Waals surface area contributed by atoms with Gasteiger partial charge in [0.2, 0.25) is 0 Å². The standard InChI is InChI=1S/C16H19NO3S/c1-16(2,3)11-7-5-10(6-8-11)14-17-12(9-20-4)13(21-14)15(18)19/h5-8H,9H2,1-4H3,(H,18,19). The van der Waals surface area contributed by atoms with Gasteiger partial charge in [-0.15, -0.1) is 11.3 Å². The number of rotatable bonds is 4. The Labute approximate surface area is 128 Å². The molecule has 1 N–H and O–H groups in total. The maximum absolute atomic E-state index is 11.2. The Morgan fingerprint density at radius 1 is 1.29 bits per heavy atom. The lowest BCUT2D eigenvalue weighted by atomic mass is 9.87. The van der Waals surface area contributed by atoms with E-state index in [0.29, 0.717) is 10.7 Å². The molecule has 2 aromatic rings. The fraction of sp³-hybridized carbons (Fsp3) is 0.375. The monoisotopic (exact) mass is 305 g/mol. The van der Waals surface area contributed by atoms with E-state index in [2.05, 4.69) is 37.9 Å². The molecule has 0 saturated carbocycles. The third-order valence-corrected chi connectivity index (χ3v) is 4.31. The van der Waals surface area contributed by atoms with Crippen LogP contribution in [-0.4, -0.2) is 23.2 Å². The summed E-state index contributed by atoms with van der Waals surface area (Å²) in [5.41, 5.74) is 2.73. The molecule has 1 aromatic heterocycles. The van der Waals surface area contributed by atoms with E-state index in [1.165, 1.54) is 24.0 Å². The SMILES string of the molecule is COCc1nc(-c2ccc(C(C)(C)C)cc2)sc1C(=O)O. The van der Waals surface area contributed by atoms with Gasteiger partial charge >= 0.3 is 5.97 Å². The fourth-order valence-corrected chi connectivity index (χ4v) is 2.90. The van der Waals surface area contributed by atoms with Gasteiger partial charge in [-0.25, -0.2) is 9.78 Å². The van der Waals surface area contributed by atoms with E-state index in [0.717, 1.165) is 5.56 Å². The van der Waals surface area contributed by atoms with E-state index < -0.39 is 5.97 Å². The van der Waals surface area contributed by atoms with Gasteiger partial charge in [-0.05, 0) is 11.0 Å². The summed E-state index contributed by atoms with van der Waals surface area (Å²) >= 11 is 1.18. The molecule has 0 radical (unpaired) electrons. The maximum atomic E-state index is 11.2. The molecule has 112 valence electrons. The molecule has 1 aromatic carbocycles. The van der Waals surface area contributed by atoms with E-state index >= 15 is 0 Å². The van der Waals surface area contributed by atoms with Crippen LogP contribution in [-0.2, 0) is 16.8 Å². The minimum Gasteiger partial charge on any atom is -0.477 e. The zero-order valence-corrected chi connectivity index (χ0v) is 13.5. The van der Waals surface area contributed by atoms with Crippen molar-refractivity contribution in [3.63, 3.8) is 0 Å². The number of thiazole rings is 1. The lowest BCUT2D eigenvalue weighted by molar-refractivity contribution is 0.0697. The normalized spacial score (nSPS) is 11.6. The van der Waals surface area contributed by atoms with Crippen LogP contribution < -0.4 is 0 Å². The number of aromatic carboxylic acids is 1. The molecule has 0 bridgehead atoms. The number of hydrogen-bond acceptors (Lipinski definition) is 4. The number of aromatic nitrogens is 1. The third-order valence-electron chi connectivity index (χ3n) is 3.17. The molecule has 0 aliphatic rings. The molecular formula is C16H19NO3S. The predicted molar refractivity (Wildman–Crippen MR) is 83.9 cm³/mol. The second-order valence-electron chi connectivity index (χ2n) is 5.86. The number of nitrogens with zero attached hydrogens (tertiary/aromatic N) is 1. The van der Waals surface area contributed by atoms with Crippen LogP contribution in [0.4, 0.5) is 0 Å². The van der Waals surface area contributed by atoms with Crippen LogP contribution in [0, 0.1) is 0 Å². The Balaban J connectivity index is 2.38. The number of benzene rings is 1. The van der Waals surface area contributed by atoms with Crippen molar-refractivity contribution >= 4 is 17.3 Å². The molecule has 0 amide bonds. The summed E-state index contributed by atoms with van der Waals surface area (Å²) < 4.78 is 5.01. The van der Waals surface area contributed by atoms with E-state index in [1.807, 2.05) is 12.1 Å². The van der Waals surface area contributed by atoms with Gasteiger partial charge in [0, 0.05) is 12.7 Å². The molecule has 0 atom stereocenters. The molecule has 0 spiro atoms. The summed E-state index contributed by atoms with van der Waals surface area (Å²) in [6, 6.07) is 8.10. The fourth-order valence-electron chi connectivity index (χ4n) is 1.99. The smallest absolute Gasteiger partial charge is 0.347 e. The van der Waals surface area contributed by atoms with Crippen LogP contribution in [0.3, 0.4) is 0 Å². The number of methoxy groups -OCH3 is 1. The van der Waals surface area contributed by atoms with Crippen LogP contribution in [0.1, 0.15) is 41.7 Å². The summed E-state index contributed by atoms with van der Waals surface area (Å²) in [7, 11) is 1.53. The number of hydrogen-bond donors (Lipinski definition) is 1. The quantitative estimate of drug-likeness (QED) is 0.929. The largest absolute Gasteiger partial charge is 0.477 e. The van der Waals surface area contributed by atoms with Crippen molar-refractivity contribution in [2.24, 2.45) is 0 Å². The van der Waals surface area contributed by atoms with Crippen molar-refractivity contribution in [1.82, 2.24) is 4.98 Å². The van der Waals surface area contributed by atoms with Crippen LogP contribution in [0.25, 0.3) is 10.6 Å². The average molecular weight is 305 g/mol. The predicted octanol–water partition coefficient (Wildman–Crippen LogP) is 3.95. The van der Waals surface area contributed by atoms with Crippen LogP contribution in [0.15, 0.2) is 24.3 Å². The van der Waals surface area contributed by atoms with Crippen molar-refractivity contribution < 1.29 is 14.6 Å². The van der Waals surface area contributed by atoms with Crippen LogP contribution in [0.5, 0.6) is 0 Å². The first kappa shape index (κ1) is 15.7. The molecule has 0 fully saturated rings. The van der Waals surface area contributed by atoms with E-state index in [9.17, 15) is 9.90 Å². The Hall–Kier alpha value is -1.72. The Morgan fingerprint density at radius 2 is 1.90 bits per heavy atom. The maximum Gasteiger partial charge on any atom is 0.347 e. The molecule has 0 unspecified atom stereocenters. The summed E-state index contributed by atoms with van der Waals surface area (Å²) in [5.74, 6) is -0.961. The molecule has 4 nitrogen and oxygen atoms in total. The summed E-state index contributed by atoms with van der Waals surface area (Å²) in [6.07, 6.45) is 0. The number of carboxylic acid groups (broad SMARTS) is 1. The van der Waals surface area contributed by atoms with Gasteiger partial charge in [0.1, 0.15) is 9.88 Å². The second kappa shape index (κ2) is 5.95. The molecule has 1 heterocycles. The first-order valence-electron chi connectivity index (χ1n) is 6.66. The summed E-state index contributed by atoms with van der Waals surface area (Å²) in [4.78, 5) is 15.9. The topological polar surface area (TPSA) is 59.4 Å². The number of carboxylic acids is 1. The van der Waals surface area contributed by atoms with Crippen LogP contribution in [0.2, 0.25) is 0 Å². The van der Waals surface area contributed by atoms with E-state index in [-0.39, 0.29) is 16.9 Å². The molecule has 0 aliphatic carbocycles. The lowest BCUT2D eigenvalue weighted by Crippen LogP contribution is -2.10. The molecule has 0 saturated heterocycles. The first-order chi connectivity index (χ1) is 9.82. The molecule has 0 aliphatic heterocycles. The van der Waals surface area contributed by atoms with Gasteiger partial charge in [-0.3, -0.25) is 0 Å². The van der Waals surface area contributed by atoms with Gasteiger partial charge in [0.25, 0.3) is 0 Å². The van der Waals surface area contributed by atoms with Crippen molar-refractivity contribution in [3.8, 4) is 10.6 Å². The van der Waals surface area contributed by atoms with E-state index in [1.54, 1.807) is 0 Å². The number of ether oxygens (including phenoxy) is 1. The molecule has 21 heavy (non-hydrogen) atoms. The Bertz CT molecular complexity index is 639. The first-order valence-corrected chi connectivity index (χ1v) is 7.47. The summed E-state index contributed by atoms with van der Waals surface area (Å²) in [6.45, 7) is 6.68. The van der Waals surface area contributed by atoms with Gasteiger partial charge in [-0.2, -0.15) is 0 Å². The average Bonchev–Trinajstić information content (AvgIpc) is 2.82. The zero-order chi connectivity index (χ0) is 15.6. The highest BCUT2D eigenvalue weighted by Crippen LogP contribution is 2.30. The highest BCUT2D eigenvalue weighted by atomic mass is 32.1. The van der Waals surface area contributed by atoms with Crippen molar-refractivity contribution in [2.45, 2.75) is 32.8 Å². The zero-order valence-electron chi connectivity index (χ0n) is 12.6. The minimum atomic E-state index is -0.961. The highest BCUT2D eigenvalue weighted by molar-refractivity contribution is 7.17. The van der Waals surface area contributed by atoms with Gasteiger partial charge in [0.05, 0.1) is 12.3 Å². The number of carbonyl (C=O) groups is 1. The van der Waals surface area contributed by atoms with Gasteiger partial charge in [-0.1, -0.05) is 45.0 Å². The van der Waals surface area contributed by atoms with Gasteiger partial charge < -0.3 is 9.84 Å². The van der Waals surface area contributed by atoms with E-state index in [4.69, 9.17) is 4.74 Å². The molecular weight excluding hydrogens is 286 g/mol. The highest BCUT2D eigenvalue weighted by Gasteiger charge is 2.19. The minimum absolute atomic E-state index is 0.0921. The lowest BCUT2D eigenvalue weighted by Gasteiger charge is -2.18. The Kier molecular flexibility index (Phi) is 4.44. The van der Waals surface area contributed by atoms with Crippen molar-refractivity contribution in [1.29, 1.82) is 0 Å². The van der Waals surface area contributed by atoms with Crippen LogP contribution >= 0.6 is 11.3 Å². The third kappa shape index (κ3) is 3.49. The summed E-state index contributed by atoms with van der Waals surface area (Å²) in [5, 5.41) is 9.93.